The smallest absolute Gasteiger partial charge is 0.338 e. The molecule has 2 aliphatic heterocycles. The van der Waals surface area contributed by atoms with Crippen LogP contribution in [0.2, 0.25) is 0 Å². The molecule has 4 aromatic rings. The molecule has 4 amide bonds. The van der Waals surface area contributed by atoms with Crippen molar-refractivity contribution in [2.24, 2.45) is 0 Å². The molecule has 4 N–H and O–H groups in total. The van der Waals surface area contributed by atoms with Crippen LogP contribution in [0.15, 0.2) is 95.3 Å². The van der Waals surface area contributed by atoms with Gasteiger partial charge in [-0.25, -0.2) is 19.2 Å². The average Bonchev–Trinajstić information content (AvgIpc) is 3.12. The minimum atomic E-state index is -0.795. The first kappa shape index (κ1) is 35.8. The van der Waals surface area contributed by atoms with Crippen LogP contribution in [-0.4, -0.2) is 50.4 Å². The second kappa shape index (κ2) is 15.9. The first-order valence-corrected chi connectivity index (χ1v) is 17.4. The maximum Gasteiger partial charge on any atom is 0.338 e. The molecule has 0 aliphatic carbocycles. The molecule has 4 aromatic carbocycles. The molecule has 0 bridgehead atoms. The van der Waals surface area contributed by atoms with E-state index in [1.165, 1.54) is 0 Å². The Hall–Kier alpha value is -6.04. The molecular formula is C40H42N4O8. The van der Waals surface area contributed by atoms with Gasteiger partial charge < -0.3 is 40.2 Å². The Kier molecular flexibility index (Phi) is 10.9. The standard InChI is InChI=1S/C40H42N4O8/c1-5-49-37(45)31-23(3)41-39(47)43-35(31)33-27-15-9-7-13-25(27)17-19-29(33)51-21-11-12-22-52-30-20-18-26-14-8-10-16-28(26)34(30)36-32(38(46)50-6-2)24(4)42-40(48)44-36/h7-10,13-20,35-36H,5-6,11-12,21-22H2,1-4H3,(H2,41,43,47)(H2,42,44,48). The van der Waals surface area contributed by atoms with Crippen LogP contribution < -0.4 is 30.7 Å². The van der Waals surface area contributed by atoms with E-state index in [9.17, 15) is 19.2 Å². The Labute approximate surface area is 301 Å². The number of carbonyl (C=O) groups excluding carboxylic acids is 4. The number of amides is 4. The van der Waals surface area contributed by atoms with Gasteiger partial charge in [-0.05, 0) is 74.2 Å². The molecule has 0 saturated heterocycles. The topological polar surface area (TPSA) is 153 Å². The van der Waals surface area contributed by atoms with Gasteiger partial charge in [0.15, 0.2) is 0 Å². The molecule has 2 unspecified atom stereocenters. The summed E-state index contributed by atoms with van der Waals surface area (Å²) in [5.41, 5.74) is 2.78. The number of urea groups is 2. The van der Waals surface area contributed by atoms with Gasteiger partial charge in [-0.1, -0.05) is 60.7 Å². The van der Waals surface area contributed by atoms with Gasteiger partial charge in [0.2, 0.25) is 0 Å². The van der Waals surface area contributed by atoms with Crippen LogP contribution in [0.25, 0.3) is 21.5 Å². The summed E-state index contributed by atoms with van der Waals surface area (Å²) in [7, 11) is 0. The SMILES string of the molecule is CCOC(=O)C1=C(C)NC(=O)NC1c1c(OCCCCOc2ccc3ccccc3c2C2NC(=O)NC(C)=C2C(=O)OCC)ccc2ccccc12. The molecule has 52 heavy (non-hydrogen) atoms. The third-order valence-corrected chi connectivity index (χ3v) is 9.02. The van der Waals surface area contributed by atoms with Gasteiger partial charge in [-0.2, -0.15) is 0 Å². The molecule has 12 nitrogen and oxygen atoms in total. The van der Waals surface area contributed by atoms with Crippen LogP contribution >= 0.6 is 0 Å². The number of nitrogens with one attached hydrogen (secondary N) is 4. The maximum atomic E-state index is 13.1. The summed E-state index contributed by atoms with van der Waals surface area (Å²) in [4.78, 5) is 51.6. The summed E-state index contributed by atoms with van der Waals surface area (Å²) in [6.45, 7) is 7.86. The molecule has 2 heterocycles. The van der Waals surface area contributed by atoms with Crippen LogP contribution in [0.5, 0.6) is 11.5 Å². The fraction of sp³-hybridized carbons (Fsp3) is 0.300. The highest BCUT2D eigenvalue weighted by Crippen LogP contribution is 2.40. The number of allylic oxidation sites excluding steroid dienone is 2. The lowest BCUT2D eigenvalue weighted by Crippen LogP contribution is -2.45. The minimum Gasteiger partial charge on any atom is -0.493 e. The van der Waals surface area contributed by atoms with Gasteiger partial charge in [0.05, 0.1) is 49.7 Å². The van der Waals surface area contributed by atoms with Crippen molar-refractivity contribution in [3.8, 4) is 11.5 Å². The van der Waals surface area contributed by atoms with E-state index in [0.717, 1.165) is 21.5 Å². The van der Waals surface area contributed by atoms with Crippen LogP contribution in [0.4, 0.5) is 9.59 Å². The lowest BCUT2D eigenvalue weighted by molar-refractivity contribution is -0.140. The van der Waals surface area contributed by atoms with Crippen molar-refractivity contribution in [1.82, 2.24) is 21.3 Å². The van der Waals surface area contributed by atoms with Crippen LogP contribution in [-0.2, 0) is 19.1 Å². The highest BCUT2D eigenvalue weighted by molar-refractivity contribution is 5.99. The van der Waals surface area contributed by atoms with E-state index in [1.807, 2.05) is 72.8 Å². The van der Waals surface area contributed by atoms with Crippen molar-refractivity contribution >= 4 is 45.5 Å². The zero-order valence-corrected chi connectivity index (χ0v) is 29.6. The number of unbranched alkanes of at least 4 members (excludes halogenated alkanes) is 1. The second-order valence-corrected chi connectivity index (χ2v) is 12.4. The van der Waals surface area contributed by atoms with Crippen molar-refractivity contribution in [3.05, 3.63) is 106 Å². The molecule has 0 saturated carbocycles. The quantitative estimate of drug-likeness (QED) is 0.0895. The van der Waals surface area contributed by atoms with Gasteiger partial charge in [0, 0.05) is 22.5 Å². The van der Waals surface area contributed by atoms with Crippen molar-refractivity contribution in [2.45, 2.75) is 52.6 Å². The Morgan fingerprint density at radius 2 is 1.00 bits per heavy atom. The van der Waals surface area contributed by atoms with E-state index < -0.39 is 36.1 Å². The zero-order valence-electron chi connectivity index (χ0n) is 29.6. The Morgan fingerprint density at radius 1 is 0.596 bits per heavy atom. The number of hydrogen-bond acceptors (Lipinski definition) is 8. The highest BCUT2D eigenvalue weighted by atomic mass is 16.5. The number of esters is 2. The third-order valence-electron chi connectivity index (χ3n) is 9.02. The largest absolute Gasteiger partial charge is 0.493 e. The number of fused-ring (bicyclic) bond motifs is 2. The number of benzene rings is 4. The summed E-state index contributed by atoms with van der Waals surface area (Å²) in [6, 6.07) is 20.6. The Bertz CT molecular complexity index is 1960. The van der Waals surface area contributed by atoms with Crippen molar-refractivity contribution < 1.29 is 38.1 Å². The molecule has 2 aliphatic rings. The highest BCUT2D eigenvalue weighted by Gasteiger charge is 2.36. The fourth-order valence-corrected chi connectivity index (χ4v) is 6.75. The molecule has 12 heteroatoms. The van der Waals surface area contributed by atoms with E-state index in [4.69, 9.17) is 18.9 Å². The van der Waals surface area contributed by atoms with Crippen molar-refractivity contribution in [1.29, 1.82) is 0 Å². The Morgan fingerprint density at radius 3 is 1.40 bits per heavy atom. The fourth-order valence-electron chi connectivity index (χ4n) is 6.75. The van der Waals surface area contributed by atoms with Gasteiger partial charge in [0.1, 0.15) is 11.5 Å². The molecular weight excluding hydrogens is 664 g/mol. The summed E-state index contributed by atoms with van der Waals surface area (Å²) in [6.07, 6.45) is 1.23. The Balaban J connectivity index is 1.21. The van der Waals surface area contributed by atoms with Gasteiger partial charge in [-0.15, -0.1) is 0 Å². The monoisotopic (exact) mass is 706 g/mol. The van der Waals surface area contributed by atoms with Gasteiger partial charge in [0.25, 0.3) is 0 Å². The number of rotatable bonds is 13. The lowest BCUT2D eigenvalue weighted by atomic mass is 9.90. The molecule has 6 rings (SSSR count). The first-order valence-electron chi connectivity index (χ1n) is 17.4. The van der Waals surface area contributed by atoms with Gasteiger partial charge >= 0.3 is 24.0 Å². The van der Waals surface area contributed by atoms with E-state index in [2.05, 4.69) is 21.3 Å². The summed E-state index contributed by atoms with van der Waals surface area (Å²) < 4.78 is 23.5. The number of carbonyl (C=O) groups is 4. The van der Waals surface area contributed by atoms with E-state index in [1.54, 1.807) is 27.7 Å². The predicted molar refractivity (Wildman–Crippen MR) is 196 cm³/mol. The normalized spacial score (nSPS) is 17.2. The van der Waals surface area contributed by atoms with Crippen molar-refractivity contribution in [2.75, 3.05) is 26.4 Å². The van der Waals surface area contributed by atoms with Crippen LogP contribution in [0.1, 0.15) is 63.7 Å². The van der Waals surface area contributed by atoms with E-state index in [0.29, 0.717) is 71.2 Å². The molecule has 0 radical (unpaired) electrons. The van der Waals surface area contributed by atoms with Crippen LogP contribution in [0.3, 0.4) is 0 Å². The summed E-state index contributed by atoms with van der Waals surface area (Å²) >= 11 is 0. The zero-order chi connectivity index (χ0) is 36.8. The number of ether oxygens (including phenoxy) is 4. The molecule has 0 spiro atoms. The predicted octanol–water partition coefficient (Wildman–Crippen LogP) is 6.61. The molecule has 0 aromatic heterocycles. The minimum absolute atomic E-state index is 0.188. The second-order valence-electron chi connectivity index (χ2n) is 12.4. The average molecular weight is 707 g/mol. The van der Waals surface area contributed by atoms with Crippen molar-refractivity contribution in [3.63, 3.8) is 0 Å². The summed E-state index contributed by atoms with van der Waals surface area (Å²) in [5.74, 6) is 0.0263. The first-order chi connectivity index (χ1) is 25.2. The molecule has 2 atom stereocenters. The third kappa shape index (κ3) is 7.36. The molecule has 270 valence electrons. The van der Waals surface area contributed by atoms with Gasteiger partial charge in [-0.3, -0.25) is 0 Å². The van der Waals surface area contributed by atoms with E-state index in [-0.39, 0.29) is 13.2 Å². The molecule has 0 fully saturated rings. The maximum absolute atomic E-state index is 13.1. The summed E-state index contributed by atoms with van der Waals surface area (Å²) in [5, 5.41) is 14.7. The number of hydrogen-bond donors (Lipinski definition) is 4. The van der Waals surface area contributed by atoms with Crippen LogP contribution in [0, 0.1) is 0 Å². The lowest BCUT2D eigenvalue weighted by Gasteiger charge is -2.30. The van der Waals surface area contributed by atoms with E-state index >= 15 is 0 Å².